The molecule has 76 valence electrons. The number of ketones is 1. The zero-order valence-corrected chi connectivity index (χ0v) is 8.54. The average Bonchev–Trinajstić information content (AvgIpc) is 2.18. The van der Waals surface area contributed by atoms with Gasteiger partial charge in [0.2, 0.25) is 0 Å². The molecule has 1 aliphatic rings. The lowest BCUT2D eigenvalue weighted by atomic mass is 9.77. The van der Waals surface area contributed by atoms with Crippen LogP contribution in [0.25, 0.3) is 0 Å². The van der Waals surface area contributed by atoms with Crippen molar-refractivity contribution in [1.82, 2.24) is 0 Å². The Morgan fingerprint density at radius 3 is 3.07 bits per heavy atom. The minimum atomic E-state index is -0.325. The Balaban J connectivity index is 2.44. The second kappa shape index (κ2) is 5.59. The number of unbranched alkanes of at least 4 members (excludes halogenated alkanes) is 1. The van der Waals surface area contributed by atoms with E-state index in [0.717, 1.165) is 32.1 Å². The molecule has 2 nitrogen and oxygen atoms in total. The molecule has 0 aliphatic heterocycles. The van der Waals surface area contributed by atoms with E-state index in [-0.39, 0.29) is 11.7 Å². The lowest BCUT2D eigenvalue weighted by Gasteiger charge is -2.25. The first-order chi connectivity index (χ1) is 6.79. The standard InChI is InChI=1S/C12H17NO/c1-2-3-4-6-10-7-5-8-12(14)11(10)9-13/h2,10-11H,1,3-8H2/t10-,11+/m1/s1. The highest BCUT2D eigenvalue weighted by Gasteiger charge is 2.30. The van der Waals surface area contributed by atoms with Crippen LogP contribution in [0.15, 0.2) is 12.7 Å². The highest BCUT2D eigenvalue weighted by molar-refractivity contribution is 5.84. The maximum absolute atomic E-state index is 11.4. The summed E-state index contributed by atoms with van der Waals surface area (Å²) < 4.78 is 0. The molecule has 0 aromatic heterocycles. The SMILES string of the molecule is C=CCCC[C@@H]1CCCC(=O)[C@H]1C#N. The fraction of sp³-hybridized carbons (Fsp3) is 0.667. The second-order valence-corrected chi connectivity index (χ2v) is 3.94. The third-order valence-corrected chi connectivity index (χ3v) is 2.94. The van der Waals surface area contributed by atoms with Crippen molar-refractivity contribution in [3.63, 3.8) is 0 Å². The van der Waals surface area contributed by atoms with E-state index in [9.17, 15) is 4.79 Å². The molecule has 1 fully saturated rings. The predicted molar refractivity (Wildman–Crippen MR) is 55.5 cm³/mol. The summed E-state index contributed by atoms with van der Waals surface area (Å²) >= 11 is 0. The Kier molecular flexibility index (Phi) is 4.39. The molecule has 0 spiro atoms. The summed E-state index contributed by atoms with van der Waals surface area (Å²) in [6, 6.07) is 2.16. The summed E-state index contributed by atoms with van der Waals surface area (Å²) in [6.07, 6.45) is 7.55. The van der Waals surface area contributed by atoms with E-state index in [0.29, 0.717) is 12.3 Å². The van der Waals surface area contributed by atoms with Crippen molar-refractivity contribution in [2.45, 2.75) is 38.5 Å². The van der Waals surface area contributed by atoms with Gasteiger partial charge in [-0.2, -0.15) is 5.26 Å². The van der Waals surface area contributed by atoms with Crippen molar-refractivity contribution < 1.29 is 4.79 Å². The summed E-state index contributed by atoms with van der Waals surface area (Å²) in [6.45, 7) is 3.67. The zero-order valence-electron chi connectivity index (χ0n) is 8.54. The second-order valence-electron chi connectivity index (χ2n) is 3.94. The molecule has 0 aromatic rings. The topological polar surface area (TPSA) is 40.9 Å². The van der Waals surface area contributed by atoms with E-state index >= 15 is 0 Å². The third kappa shape index (κ3) is 2.70. The summed E-state index contributed by atoms with van der Waals surface area (Å²) in [5.41, 5.74) is 0. The van der Waals surface area contributed by atoms with Crippen molar-refractivity contribution in [1.29, 1.82) is 5.26 Å². The van der Waals surface area contributed by atoms with Crippen molar-refractivity contribution in [2.75, 3.05) is 0 Å². The van der Waals surface area contributed by atoms with Gasteiger partial charge in [-0.15, -0.1) is 6.58 Å². The Bertz CT molecular complexity index is 252. The van der Waals surface area contributed by atoms with Gasteiger partial charge in [-0.05, 0) is 38.0 Å². The van der Waals surface area contributed by atoms with Crippen LogP contribution in [0, 0.1) is 23.2 Å². The van der Waals surface area contributed by atoms with Crippen molar-refractivity contribution in [2.24, 2.45) is 11.8 Å². The van der Waals surface area contributed by atoms with Crippen LogP contribution in [0.1, 0.15) is 38.5 Å². The normalized spacial score (nSPS) is 26.9. The maximum atomic E-state index is 11.4. The maximum Gasteiger partial charge on any atom is 0.150 e. The number of hydrogen-bond acceptors (Lipinski definition) is 2. The predicted octanol–water partition coefficient (Wildman–Crippen LogP) is 2.85. The van der Waals surface area contributed by atoms with Gasteiger partial charge in [0.15, 0.2) is 0 Å². The van der Waals surface area contributed by atoms with E-state index in [2.05, 4.69) is 12.6 Å². The largest absolute Gasteiger partial charge is 0.298 e. The molecule has 2 atom stereocenters. The molecule has 1 rings (SSSR count). The van der Waals surface area contributed by atoms with Gasteiger partial charge in [-0.3, -0.25) is 4.79 Å². The highest BCUT2D eigenvalue weighted by atomic mass is 16.1. The number of nitrogens with zero attached hydrogens (tertiary/aromatic N) is 1. The van der Waals surface area contributed by atoms with Crippen LogP contribution in [0.5, 0.6) is 0 Å². The lowest BCUT2D eigenvalue weighted by molar-refractivity contribution is -0.124. The molecule has 2 heteroatoms. The van der Waals surface area contributed by atoms with Gasteiger partial charge in [0.25, 0.3) is 0 Å². The Labute approximate surface area is 85.6 Å². The van der Waals surface area contributed by atoms with Crippen LogP contribution in [0.4, 0.5) is 0 Å². The first-order valence-corrected chi connectivity index (χ1v) is 5.32. The number of rotatable bonds is 4. The number of Topliss-reactive ketones (excluding diaryl/α,β-unsaturated/α-hetero) is 1. The van der Waals surface area contributed by atoms with Crippen LogP contribution < -0.4 is 0 Å². The minimum absolute atomic E-state index is 0.155. The third-order valence-electron chi connectivity index (χ3n) is 2.94. The summed E-state index contributed by atoms with van der Waals surface area (Å²) in [5, 5.41) is 8.90. The van der Waals surface area contributed by atoms with E-state index in [1.807, 2.05) is 6.08 Å². The molecule has 14 heavy (non-hydrogen) atoms. The van der Waals surface area contributed by atoms with E-state index in [4.69, 9.17) is 5.26 Å². The molecular weight excluding hydrogens is 174 g/mol. The fourth-order valence-corrected chi connectivity index (χ4v) is 2.14. The lowest BCUT2D eigenvalue weighted by Crippen LogP contribution is -2.27. The van der Waals surface area contributed by atoms with E-state index < -0.39 is 0 Å². The Morgan fingerprint density at radius 2 is 2.43 bits per heavy atom. The molecule has 1 aliphatic carbocycles. The molecule has 0 aromatic carbocycles. The van der Waals surface area contributed by atoms with E-state index in [1.54, 1.807) is 0 Å². The van der Waals surface area contributed by atoms with Gasteiger partial charge >= 0.3 is 0 Å². The molecule has 0 amide bonds. The number of nitriles is 1. The van der Waals surface area contributed by atoms with Crippen LogP contribution in [0.3, 0.4) is 0 Å². The molecule has 0 N–H and O–H groups in total. The number of carbonyl (C=O) groups is 1. The summed E-state index contributed by atoms with van der Waals surface area (Å²) in [7, 11) is 0. The van der Waals surface area contributed by atoms with Gasteiger partial charge in [0.05, 0.1) is 6.07 Å². The quantitative estimate of drug-likeness (QED) is 0.506. The number of carbonyl (C=O) groups excluding carboxylic acids is 1. The first kappa shape index (κ1) is 11.0. The Hall–Kier alpha value is -1.10. The van der Waals surface area contributed by atoms with Gasteiger partial charge in [-0.25, -0.2) is 0 Å². The molecule has 0 heterocycles. The van der Waals surface area contributed by atoms with E-state index in [1.165, 1.54) is 0 Å². The van der Waals surface area contributed by atoms with Crippen LogP contribution in [-0.4, -0.2) is 5.78 Å². The highest BCUT2D eigenvalue weighted by Crippen LogP contribution is 2.30. The summed E-state index contributed by atoms with van der Waals surface area (Å²) in [4.78, 5) is 11.4. The van der Waals surface area contributed by atoms with Gasteiger partial charge < -0.3 is 0 Å². The van der Waals surface area contributed by atoms with Gasteiger partial charge in [-0.1, -0.05) is 6.08 Å². The molecule has 0 unspecified atom stereocenters. The monoisotopic (exact) mass is 191 g/mol. The minimum Gasteiger partial charge on any atom is -0.298 e. The number of allylic oxidation sites excluding steroid dienone is 1. The van der Waals surface area contributed by atoms with Crippen molar-refractivity contribution in [3.05, 3.63) is 12.7 Å². The number of hydrogen-bond donors (Lipinski definition) is 0. The molecular formula is C12H17NO. The van der Waals surface area contributed by atoms with Crippen molar-refractivity contribution in [3.8, 4) is 6.07 Å². The van der Waals surface area contributed by atoms with Crippen molar-refractivity contribution >= 4 is 5.78 Å². The van der Waals surface area contributed by atoms with Crippen LogP contribution in [0.2, 0.25) is 0 Å². The molecule has 0 bridgehead atoms. The first-order valence-electron chi connectivity index (χ1n) is 5.32. The average molecular weight is 191 g/mol. The fourth-order valence-electron chi connectivity index (χ4n) is 2.14. The smallest absolute Gasteiger partial charge is 0.150 e. The van der Waals surface area contributed by atoms with Crippen LogP contribution in [-0.2, 0) is 4.79 Å². The molecule has 0 radical (unpaired) electrons. The Morgan fingerprint density at radius 1 is 1.64 bits per heavy atom. The molecule has 1 saturated carbocycles. The summed E-state index contributed by atoms with van der Waals surface area (Å²) in [5.74, 6) is 0.136. The zero-order chi connectivity index (χ0) is 10.4. The van der Waals surface area contributed by atoms with Gasteiger partial charge in [0.1, 0.15) is 11.7 Å². The van der Waals surface area contributed by atoms with Gasteiger partial charge in [0, 0.05) is 6.42 Å². The molecule has 0 saturated heterocycles. The van der Waals surface area contributed by atoms with Crippen LogP contribution >= 0.6 is 0 Å².